The number of carbonyl (C=O) groups excluding carboxylic acids is 1. The molecule has 276 valence electrons. The van der Waals surface area contributed by atoms with Crippen LogP contribution in [0.25, 0.3) is 33.4 Å². The van der Waals surface area contributed by atoms with Crippen molar-refractivity contribution in [2.45, 2.75) is 86.5 Å². The predicted molar refractivity (Wildman–Crippen MR) is 206 cm³/mol. The quantitative estimate of drug-likeness (QED) is 0.101. The van der Waals surface area contributed by atoms with Gasteiger partial charge in [0.15, 0.2) is 0 Å². The largest absolute Gasteiger partial charge is 0.505 e. The second-order valence-electron chi connectivity index (χ2n) is 14.6. The van der Waals surface area contributed by atoms with E-state index in [1.807, 2.05) is 93.6 Å². The second-order valence-corrected chi connectivity index (χ2v) is 14.6. The highest BCUT2D eigenvalue weighted by molar-refractivity contribution is 5.75. The van der Waals surface area contributed by atoms with Gasteiger partial charge in [0.2, 0.25) is 0 Å². The van der Waals surface area contributed by atoms with Gasteiger partial charge in [-0.15, -0.1) is 30.0 Å². The molecule has 0 aliphatic rings. The monoisotopic (exact) mass is 708 g/mol. The Kier molecular flexibility index (Phi) is 12.1. The molecular weight excluding hydrogens is 656 g/mol. The molecule has 2 aromatic heterocycles. The molecule has 11 nitrogen and oxygen atoms in total. The van der Waals surface area contributed by atoms with Crippen LogP contribution in [0.4, 0.5) is 0 Å². The number of hydrogen-bond acceptors (Lipinski definition) is 9. The van der Waals surface area contributed by atoms with E-state index in [9.17, 15) is 15.0 Å². The number of fused-ring (bicyclic) bond motifs is 2. The Balaban J connectivity index is 0.00000302. The maximum Gasteiger partial charge on any atom is 0.306 e. The van der Waals surface area contributed by atoms with Crippen LogP contribution in [0.15, 0.2) is 72.8 Å². The highest BCUT2D eigenvalue weighted by Crippen LogP contribution is 2.38. The number of carbonyl (C=O) groups is 1. The van der Waals surface area contributed by atoms with Crippen LogP contribution in [-0.2, 0) is 37.9 Å². The maximum atomic E-state index is 12.7. The molecule has 6 aromatic rings. The lowest BCUT2D eigenvalue weighted by Crippen LogP contribution is -2.15. The zero-order valence-electron chi connectivity index (χ0n) is 29.5. The standard InChI is InChI=1S/C39H44N6O5.2CH4/c1-38(2,3)27-21-25(23-33(36(27)47)44-40-29-11-7-8-12-30(29)41-44)15-16-35(46)50-20-19-49-18-17-26-22-28(39(4,5)6)37(48)34(24-26)45-42-31-13-9-10-14-32(31)43-45;;/h7-14,21-24,47-48H,15-20H2,1-6H3;2*1H4. The first-order valence-electron chi connectivity index (χ1n) is 16.9. The number of aryl methyl sites for hydroxylation is 1. The molecule has 0 atom stereocenters. The van der Waals surface area contributed by atoms with E-state index in [0.717, 1.165) is 44.3 Å². The Morgan fingerprint density at radius 1 is 0.615 bits per heavy atom. The van der Waals surface area contributed by atoms with E-state index in [0.29, 0.717) is 30.8 Å². The summed E-state index contributed by atoms with van der Waals surface area (Å²) in [7, 11) is 0. The van der Waals surface area contributed by atoms with Crippen molar-refractivity contribution >= 4 is 28.0 Å². The van der Waals surface area contributed by atoms with Gasteiger partial charge in [0.25, 0.3) is 0 Å². The number of nitrogens with zero attached hydrogens (tertiary/aromatic N) is 6. The fraction of sp³-hybridized carbons (Fsp3) is 0.390. The van der Waals surface area contributed by atoms with Crippen molar-refractivity contribution in [2.24, 2.45) is 0 Å². The van der Waals surface area contributed by atoms with Crippen LogP contribution in [0.1, 0.15) is 85.1 Å². The van der Waals surface area contributed by atoms with Crippen LogP contribution in [0.5, 0.6) is 11.5 Å². The first kappa shape index (κ1) is 39.5. The van der Waals surface area contributed by atoms with Crippen LogP contribution in [0, 0.1) is 0 Å². The van der Waals surface area contributed by atoms with Crippen LogP contribution < -0.4 is 0 Å². The second kappa shape index (κ2) is 15.9. The summed E-state index contributed by atoms with van der Waals surface area (Å²) in [6, 6.07) is 22.8. The summed E-state index contributed by atoms with van der Waals surface area (Å²) in [6.45, 7) is 13.0. The molecule has 2 heterocycles. The lowest BCUT2D eigenvalue weighted by Gasteiger charge is -2.23. The Hall–Kier alpha value is -5.29. The first-order valence-corrected chi connectivity index (χ1v) is 16.9. The Morgan fingerprint density at radius 2 is 1.02 bits per heavy atom. The van der Waals surface area contributed by atoms with E-state index in [2.05, 4.69) is 41.2 Å². The van der Waals surface area contributed by atoms with Crippen molar-refractivity contribution in [3.8, 4) is 22.9 Å². The van der Waals surface area contributed by atoms with Gasteiger partial charge in [0.05, 0.1) is 13.2 Å². The molecule has 11 heteroatoms. The molecule has 0 saturated heterocycles. The van der Waals surface area contributed by atoms with E-state index in [-0.39, 0.29) is 62.8 Å². The van der Waals surface area contributed by atoms with Gasteiger partial charge in [0.1, 0.15) is 51.5 Å². The minimum Gasteiger partial charge on any atom is -0.505 e. The number of aromatic nitrogens is 6. The Bertz CT molecular complexity index is 2090. The molecule has 0 aliphatic carbocycles. The number of phenols is 2. The normalized spacial score (nSPS) is 11.7. The van der Waals surface area contributed by atoms with Crippen molar-refractivity contribution in [1.29, 1.82) is 0 Å². The molecule has 0 amide bonds. The molecule has 0 aliphatic heterocycles. The summed E-state index contributed by atoms with van der Waals surface area (Å²) in [5, 5.41) is 40.6. The summed E-state index contributed by atoms with van der Waals surface area (Å²) >= 11 is 0. The number of benzene rings is 4. The SMILES string of the molecule is C.C.CC(C)(C)c1cc(CCOCCOC(=O)CCc2cc(-n3nc4ccccc4n3)c(O)c(C(C)(C)C)c2)cc(-n2nc3ccccc3n2)c1O. The molecule has 6 rings (SSSR count). The van der Waals surface area contributed by atoms with Crippen molar-refractivity contribution in [2.75, 3.05) is 19.8 Å². The molecule has 2 N–H and O–H groups in total. The van der Waals surface area contributed by atoms with E-state index >= 15 is 0 Å². The molecule has 52 heavy (non-hydrogen) atoms. The third-order valence-electron chi connectivity index (χ3n) is 8.56. The van der Waals surface area contributed by atoms with E-state index in [1.165, 1.54) is 9.59 Å². The molecule has 0 bridgehead atoms. The van der Waals surface area contributed by atoms with Crippen LogP contribution >= 0.6 is 0 Å². The molecular formula is C41H52N6O5. The van der Waals surface area contributed by atoms with Gasteiger partial charge in [-0.2, -0.15) is 0 Å². The lowest BCUT2D eigenvalue weighted by molar-refractivity contribution is -0.145. The van der Waals surface area contributed by atoms with Gasteiger partial charge in [-0.05, 0) is 71.2 Å². The molecule has 0 saturated carbocycles. The van der Waals surface area contributed by atoms with E-state index < -0.39 is 0 Å². The summed E-state index contributed by atoms with van der Waals surface area (Å²) in [5.41, 5.74) is 6.66. The van der Waals surface area contributed by atoms with E-state index in [1.54, 1.807) is 0 Å². The molecule has 0 unspecified atom stereocenters. The van der Waals surface area contributed by atoms with Crippen molar-refractivity contribution in [1.82, 2.24) is 30.0 Å². The summed E-state index contributed by atoms with van der Waals surface area (Å²) in [6.07, 6.45) is 1.19. The Labute approximate surface area is 306 Å². The first-order chi connectivity index (χ1) is 23.8. The number of ether oxygens (including phenoxy) is 2. The minimum absolute atomic E-state index is 0. The highest BCUT2D eigenvalue weighted by atomic mass is 16.6. The number of phenolic OH excluding ortho intramolecular Hbond substituents is 2. The van der Waals surface area contributed by atoms with Gasteiger partial charge in [0, 0.05) is 17.5 Å². The Morgan fingerprint density at radius 3 is 1.42 bits per heavy atom. The molecule has 0 radical (unpaired) electrons. The fourth-order valence-electron chi connectivity index (χ4n) is 5.85. The van der Waals surface area contributed by atoms with Gasteiger partial charge >= 0.3 is 5.97 Å². The summed E-state index contributed by atoms with van der Waals surface area (Å²) in [4.78, 5) is 15.6. The molecule has 0 spiro atoms. The predicted octanol–water partition coefficient (Wildman–Crippen LogP) is 8.17. The zero-order chi connectivity index (χ0) is 35.6. The fourth-order valence-corrected chi connectivity index (χ4v) is 5.85. The number of aromatic hydroxyl groups is 2. The number of esters is 1. The number of rotatable bonds is 11. The topological polar surface area (TPSA) is 137 Å². The minimum atomic E-state index is -0.347. The van der Waals surface area contributed by atoms with Crippen LogP contribution in [-0.4, -0.2) is 66.0 Å². The van der Waals surface area contributed by atoms with E-state index in [4.69, 9.17) is 9.47 Å². The van der Waals surface area contributed by atoms with Crippen molar-refractivity contribution in [3.63, 3.8) is 0 Å². The van der Waals surface area contributed by atoms with Gasteiger partial charge in [-0.1, -0.05) is 92.8 Å². The van der Waals surface area contributed by atoms with Crippen molar-refractivity contribution in [3.05, 3.63) is 95.1 Å². The smallest absolute Gasteiger partial charge is 0.306 e. The zero-order valence-corrected chi connectivity index (χ0v) is 29.5. The van der Waals surface area contributed by atoms with Crippen molar-refractivity contribution < 1.29 is 24.5 Å². The summed E-state index contributed by atoms with van der Waals surface area (Å²) in [5.74, 6) is -0.0641. The highest BCUT2D eigenvalue weighted by Gasteiger charge is 2.25. The maximum absolute atomic E-state index is 12.7. The number of hydrogen-bond donors (Lipinski definition) is 2. The summed E-state index contributed by atoms with van der Waals surface area (Å²) < 4.78 is 11.3. The van der Waals surface area contributed by atoms with Crippen LogP contribution in [0.3, 0.4) is 0 Å². The molecule has 4 aromatic carbocycles. The third kappa shape index (κ3) is 8.77. The van der Waals surface area contributed by atoms with Gasteiger partial charge in [-0.3, -0.25) is 4.79 Å². The van der Waals surface area contributed by atoms with Gasteiger partial charge in [-0.25, -0.2) is 0 Å². The average molecular weight is 709 g/mol. The average Bonchev–Trinajstić information content (AvgIpc) is 3.70. The van der Waals surface area contributed by atoms with Gasteiger partial charge < -0.3 is 19.7 Å². The molecule has 0 fully saturated rings. The lowest BCUT2D eigenvalue weighted by atomic mass is 9.84. The third-order valence-corrected chi connectivity index (χ3v) is 8.56. The van der Waals surface area contributed by atoms with Crippen LogP contribution in [0.2, 0.25) is 0 Å².